The van der Waals surface area contributed by atoms with Crippen LogP contribution in [0.4, 0.5) is 0 Å². The molecule has 0 unspecified atom stereocenters. The molecule has 0 spiro atoms. The Morgan fingerprint density at radius 2 is 1.95 bits per heavy atom. The highest BCUT2D eigenvalue weighted by Gasteiger charge is 2.24. The minimum atomic E-state index is 0.705. The van der Waals surface area contributed by atoms with Crippen molar-refractivity contribution in [2.75, 3.05) is 0 Å². The summed E-state index contributed by atoms with van der Waals surface area (Å²) in [6, 6.07) is 13.2. The summed E-state index contributed by atoms with van der Waals surface area (Å²) >= 11 is 0. The van der Waals surface area contributed by atoms with Gasteiger partial charge in [-0.3, -0.25) is 0 Å². The van der Waals surface area contributed by atoms with E-state index in [0.717, 1.165) is 12.8 Å². The molecule has 2 aromatic rings. The van der Waals surface area contributed by atoms with Crippen LogP contribution >= 0.6 is 0 Å². The lowest BCUT2D eigenvalue weighted by molar-refractivity contribution is 1.19. The lowest BCUT2D eigenvalue weighted by Gasteiger charge is -2.15. The van der Waals surface area contributed by atoms with Crippen molar-refractivity contribution in [2.24, 2.45) is 0 Å². The van der Waals surface area contributed by atoms with E-state index in [9.17, 15) is 0 Å². The summed E-state index contributed by atoms with van der Waals surface area (Å²) in [5.74, 6) is 2.81. The van der Waals surface area contributed by atoms with Gasteiger partial charge in [0.2, 0.25) is 0 Å². The number of rotatable bonds is 2. The molecular weight excluding hydrogens is 252 g/mol. The van der Waals surface area contributed by atoms with E-state index in [-0.39, 0.29) is 0 Å². The fourth-order valence-electron chi connectivity index (χ4n) is 3.55. The molecule has 0 fully saturated rings. The van der Waals surface area contributed by atoms with Crippen LogP contribution in [0.15, 0.2) is 54.6 Å². The van der Waals surface area contributed by atoms with Gasteiger partial charge in [-0.05, 0) is 51.8 Å². The molecule has 0 atom stereocenters. The van der Waals surface area contributed by atoms with Crippen molar-refractivity contribution in [1.29, 1.82) is 0 Å². The third-order valence-corrected chi connectivity index (χ3v) is 4.46. The van der Waals surface area contributed by atoms with Crippen molar-refractivity contribution in [2.45, 2.75) is 19.3 Å². The molecule has 100 valence electrons. The van der Waals surface area contributed by atoms with E-state index in [1.807, 2.05) is 0 Å². The molecule has 4 rings (SSSR count). The molecule has 0 heteroatoms. The van der Waals surface area contributed by atoms with Crippen LogP contribution in [-0.4, -0.2) is 0 Å². The smallest absolute Gasteiger partial charge is 0.0343 e. The first-order valence-electron chi connectivity index (χ1n) is 7.41. The van der Waals surface area contributed by atoms with Gasteiger partial charge in [-0.15, -0.1) is 12.3 Å². The molecule has 0 radical (unpaired) electrons. The molecule has 0 amide bonds. The van der Waals surface area contributed by atoms with Crippen LogP contribution in [0.2, 0.25) is 0 Å². The normalized spacial score (nSPS) is 14.5. The van der Waals surface area contributed by atoms with Gasteiger partial charge in [-0.1, -0.05) is 54.6 Å². The molecule has 0 N–H and O–H groups in total. The number of terminal acetylenes is 1. The zero-order valence-corrected chi connectivity index (χ0v) is 11.9. The Hall–Kier alpha value is -2.52. The fraction of sp³-hybridized carbons (Fsp3) is 0.143. The fourth-order valence-corrected chi connectivity index (χ4v) is 3.55. The van der Waals surface area contributed by atoms with Crippen molar-refractivity contribution < 1.29 is 0 Å². The summed E-state index contributed by atoms with van der Waals surface area (Å²) < 4.78 is 0. The molecule has 0 heterocycles. The minimum absolute atomic E-state index is 0.705. The SMILES string of the molecule is C#CCc1ccc2c(c1C1=CC=CC1)Cc1ccccc1-2. The Morgan fingerprint density at radius 1 is 1.05 bits per heavy atom. The Kier molecular flexibility index (Phi) is 2.79. The van der Waals surface area contributed by atoms with Gasteiger partial charge < -0.3 is 0 Å². The molecule has 21 heavy (non-hydrogen) atoms. The lowest BCUT2D eigenvalue weighted by atomic mass is 9.89. The summed E-state index contributed by atoms with van der Waals surface area (Å²) in [6.45, 7) is 0. The van der Waals surface area contributed by atoms with E-state index in [1.54, 1.807) is 0 Å². The minimum Gasteiger partial charge on any atom is -0.120 e. The van der Waals surface area contributed by atoms with E-state index in [4.69, 9.17) is 6.42 Å². The number of benzene rings is 2. The van der Waals surface area contributed by atoms with Crippen LogP contribution in [0.1, 0.15) is 28.7 Å². The second-order valence-corrected chi connectivity index (χ2v) is 5.66. The average molecular weight is 268 g/mol. The highest BCUT2D eigenvalue weighted by molar-refractivity contribution is 5.86. The average Bonchev–Trinajstić information content (AvgIpc) is 3.14. The van der Waals surface area contributed by atoms with Crippen LogP contribution in [0, 0.1) is 12.3 Å². The van der Waals surface area contributed by atoms with Gasteiger partial charge in [0.15, 0.2) is 0 Å². The summed E-state index contributed by atoms with van der Waals surface area (Å²) in [7, 11) is 0. The molecule has 2 aromatic carbocycles. The number of hydrogen-bond donors (Lipinski definition) is 0. The summed E-state index contributed by atoms with van der Waals surface area (Å²) in [5, 5.41) is 0. The first kappa shape index (κ1) is 12.2. The Bertz CT molecular complexity index is 826. The Labute approximate surface area is 125 Å². The third kappa shape index (κ3) is 1.86. The van der Waals surface area contributed by atoms with E-state index >= 15 is 0 Å². The van der Waals surface area contributed by atoms with Crippen molar-refractivity contribution in [1.82, 2.24) is 0 Å². The summed E-state index contributed by atoms with van der Waals surface area (Å²) in [5.41, 5.74) is 9.74. The number of hydrogen-bond acceptors (Lipinski definition) is 0. The first-order valence-corrected chi connectivity index (χ1v) is 7.41. The van der Waals surface area contributed by atoms with Gasteiger partial charge in [0.05, 0.1) is 0 Å². The van der Waals surface area contributed by atoms with Gasteiger partial charge in [-0.25, -0.2) is 0 Å². The molecule has 0 aliphatic heterocycles. The van der Waals surface area contributed by atoms with Crippen molar-refractivity contribution in [3.63, 3.8) is 0 Å². The maximum absolute atomic E-state index is 5.57. The maximum Gasteiger partial charge on any atom is 0.0343 e. The Balaban J connectivity index is 1.95. The zero-order chi connectivity index (χ0) is 14.2. The van der Waals surface area contributed by atoms with Crippen LogP contribution < -0.4 is 0 Å². The second-order valence-electron chi connectivity index (χ2n) is 5.66. The van der Waals surface area contributed by atoms with Crippen LogP contribution in [0.25, 0.3) is 16.7 Å². The summed E-state index contributed by atoms with van der Waals surface area (Å²) in [6.07, 6.45) is 14.9. The van der Waals surface area contributed by atoms with Gasteiger partial charge in [0.25, 0.3) is 0 Å². The van der Waals surface area contributed by atoms with Gasteiger partial charge in [0, 0.05) is 6.42 Å². The molecule has 2 aliphatic rings. The largest absolute Gasteiger partial charge is 0.120 e. The van der Waals surface area contributed by atoms with E-state index in [1.165, 1.54) is 39.0 Å². The molecule has 2 aliphatic carbocycles. The van der Waals surface area contributed by atoms with E-state index in [0.29, 0.717) is 6.42 Å². The van der Waals surface area contributed by atoms with Crippen molar-refractivity contribution in [3.05, 3.63) is 76.9 Å². The predicted octanol–water partition coefficient (Wildman–Crippen LogP) is 4.78. The molecule has 0 aromatic heterocycles. The van der Waals surface area contributed by atoms with E-state index < -0.39 is 0 Å². The molecule has 0 nitrogen and oxygen atoms in total. The lowest BCUT2D eigenvalue weighted by Crippen LogP contribution is -1.98. The standard InChI is InChI=1S/C21H16/c1-2-7-15-12-13-19-18-11-6-5-10-17(18)14-20(19)21(15)16-8-3-4-9-16/h1,3-6,8,10-13H,7,9,14H2. The molecular formula is C21H16. The highest BCUT2D eigenvalue weighted by Crippen LogP contribution is 2.42. The number of fused-ring (bicyclic) bond motifs is 3. The van der Waals surface area contributed by atoms with Crippen molar-refractivity contribution >= 4 is 5.57 Å². The topological polar surface area (TPSA) is 0 Å². The highest BCUT2D eigenvalue weighted by atomic mass is 14.3. The predicted molar refractivity (Wildman–Crippen MR) is 89.0 cm³/mol. The molecule has 0 bridgehead atoms. The molecule has 0 saturated heterocycles. The maximum atomic E-state index is 5.57. The second kappa shape index (κ2) is 4.79. The van der Waals surface area contributed by atoms with Crippen molar-refractivity contribution in [3.8, 4) is 23.5 Å². The van der Waals surface area contributed by atoms with Gasteiger partial charge in [0.1, 0.15) is 0 Å². The van der Waals surface area contributed by atoms with Crippen LogP contribution in [0.5, 0.6) is 0 Å². The Morgan fingerprint density at radius 3 is 2.76 bits per heavy atom. The molecule has 0 saturated carbocycles. The quantitative estimate of drug-likeness (QED) is 0.587. The van der Waals surface area contributed by atoms with Gasteiger partial charge >= 0.3 is 0 Å². The van der Waals surface area contributed by atoms with Gasteiger partial charge in [-0.2, -0.15) is 0 Å². The van der Waals surface area contributed by atoms with Crippen LogP contribution in [-0.2, 0) is 12.8 Å². The van der Waals surface area contributed by atoms with E-state index in [2.05, 4.69) is 60.5 Å². The summed E-state index contributed by atoms with van der Waals surface area (Å²) in [4.78, 5) is 0. The van der Waals surface area contributed by atoms with Crippen LogP contribution in [0.3, 0.4) is 0 Å². The zero-order valence-electron chi connectivity index (χ0n) is 11.9. The first-order chi connectivity index (χ1) is 10.4. The third-order valence-electron chi connectivity index (χ3n) is 4.46. The number of allylic oxidation sites excluding steroid dienone is 4. The monoisotopic (exact) mass is 268 g/mol.